The van der Waals surface area contributed by atoms with Crippen LogP contribution in [0.2, 0.25) is 0 Å². The predicted octanol–water partition coefficient (Wildman–Crippen LogP) is 3.24. The first-order valence-electron chi connectivity index (χ1n) is 7.53. The van der Waals surface area contributed by atoms with Crippen LogP contribution in [-0.2, 0) is 15.9 Å². The zero-order chi connectivity index (χ0) is 14.4. The zero-order valence-corrected chi connectivity index (χ0v) is 13.7. The van der Waals surface area contributed by atoms with Gasteiger partial charge >= 0.3 is 0 Å². The van der Waals surface area contributed by atoms with Gasteiger partial charge in [0.05, 0.1) is 25.4 Å². The van der Waals surface area contributed by atoms with E-state index in [2.05, 4.69) is 43.6 Å². The highest BCUT2D eigenvalue weighted by molar-refractivity contribution is 7.09. The molecule has 1 aromatic rings. The Bertz CT molecular complexity index is 372. The minimum absolute atomic E-state index is 0.165. The summed E-state index contributed by atoms with van der Waals surface area (Å²) in [5.41, 5.74) is 0.165. The van der Waals surface area contributed by atoms with Crippen molar-refractivity contribution in [3.63, 3.8) is 0 Å². The van der Waals surface area contributed by atoms with E-state index >= 15 is 0 Å². The fourth-order valence-electron chi connectivity index (χ4n) is 2.32. The maximum absolute atomic E-state index is 6.01. The maximum Gasteiger partial charge on any atom is 0.0813 e. The highest BCUT2D eigenvalue weighted by Gasteiger charge is 2.26. The largest absolute Gasteiger partial charge is 0.378 e. The molecule has 1 aliphatic rings. The van der Waals surface area contributed by atoms with E-state index < -0.39 is 0 Å². The molecular formula is C16H27NO2S. The molecule has 114 valence electrons. The van der Waals surface area contributed by atoms with Crippen LogP contribution in [0, 0.1) is 0 Å². The Kier molecular flexibility index (Phi) is 6.02. The van der Waals surface area contributed by atoms with E-state index in [9.17, 15) is 0 Å². The summed E-state index contributed by atoms with van der Waals surface area (Å²) in [6.45, 7) is 9.03. The quantitative estimate of drug-likeness (QED) is 0.784. The van der Waals surface area contributed by atoms with Gasteiger partial charge in [0, 0.05) is 23.4 Å². The summed E-state index contributed by atoms with van der Waals surface area (Å²) in [4.78, 5) is 1.39. The summed E-state index contributed by atoms with van der Waals surface area (Å²) in [7, 11) is 0. The van der Waals surface area contributed by atoms with Gasteiger partial charge in [-0.05, 0) is 45.1 Å². The van der Waals surface area contributed by atoms with Gasteiger partial charge in [0.1, 0.15) is 0 Å². The van der Waals surface area contributed by atoms with Gasteiger partial charge in [0.25, 0.3) is 0 Å². The Morgan fingerprint density at radius 3 is 2.85 bits per heavy atom. The molecule has 1 N–H and O–H groups in total. The molecule has 2 heterocycles. The summed E-state index contributed by atoms with van der Waals surface area (Å²) >= 11 is 1.80. The summed E-state index contributed by atoms with van der Waals surface area (Å²) in [5.74, 6) is 0. The Hall–Kier alpha value is -0.420. The van der Waals surface area contributed by atoms with Crippen LogP contribution in [0.5, 0.6) is 0 Å². The molecule has 0 amide bonds. The van der Waals surface area contributed by atoms with Crippen LogP contribution < -0.4 is 5.32 Å². The van der Waals surface area contributed by atoms with Crippen molar-refractivity contribution in [1.82, 2.24) is 5.32 Å². The minimum Gasteiger partial charge on any atom is -0.378 e. The van der Waals surface area contributed by atoms with Crippen molar-refractivity contribution in [2.75, 3.05) is 19.8 Å². The average Bonchev–Trinajstić information content (AvgIpc) is 3.03. The van der Waals surface area contributed by atoms with Gasteiger partial charge < -0.3 is 14.8 Å². The molecule has 1 aromatic heterocycles. The Labute approximate surface area is 126 Å². The number of hydrogen-bond acceptors (Lipinski definition) is 4. The average molecular weight is 297 g/mol. The number of rotatable bonds is 7. The molecule has 0 spiro atoms. The molecular weight excluding hydrogens is 270 g/mol. The first-order valence-corrected chi connectivity index (χ1v) is 8.41. The second kappa shape index (κ2) is 7.55. The van der Waals surface area contributed by atoms with Gasteiger partial charge in [-0.3, -0.25) is 0 Å². The Morgan fingerprint density at radius 2 is 2.15 bits per heavy atom. The van der Waals surface area contributed by atoms with Gasteiger partial charge in [-0.2, -0.15) is 0 Å². The lowest BCUT2D eigenvalue weighted by atomic mass is 10.1. The standard InChI is InChI=1S/C16H27NO2S/c1-16(2,3)17-11-13-6-7-14(19-13)12-18-9-8-15-5-4-10-20-15/h4-5,10,13-14,17H,6-9,11-12H2,1-3H3. The van der Waals surface area contributed by atoms with Crippen molar-refractivity contribution in [3.05, 3.63) is 22.4 Å². The predicted molar refractivity (Wildman–Crippen MR) is 84.5 cm³/mol. The fourth-order valence-corrected chi connectivity index (χ4v) is 3.01. The van der Waals surface area contributed by atoms with Crippen LogP contribution in [0.25, 0.3) is 0 Å². The first kappa shape index (κ1) is 16.0. The molecule has 0 aromatic carbocycles. The normalized spacial score (nSPS) is 23.4. The summed E-state index contributed by atoms with van der Waals surface area (Å²) in [6.07, 6.45) is 3.90. The number of ether oxygens (including phenoxy) is 2. The number of hydrogen-bond donors (Lipinski definition) is 1. The molecule has 2 atom stereocenters. The van der Waals surface area contributed by atoms with E-state index in [0.717, 1.165) is 39.0 Å². The molecule has 0 bridgehead atoms. The first-order chi connectivity index (χ1) is 9.53. The van der Waals surface area contributed by atoms with Crippen LogP contribution >= 0.6 is 11.3 Å². The van der Waals surface area contributed by atoms with Crippen LogP contribution in [0.15, 0.2) is 17.5 Å². The lowest BCUT2D eigenvalue weighted by molar-refractivity contribution is -0.0149. The van der Waals surface area contributed by atoms with Crippen molar-refractivity contribution >= 4 is 11.3 Å². The molecule has 20 heavy (non-hydrogen) atoms. The van der Waals surface area contributed by atoms with Gasteiger partial charge in [-0.15, -0.1) is 11.3 Å². The third kappa shape index (κ3) is 5.92. The molecule has 1 saturated heterocycles. The lowest BCUT2D eigenvalue weighted by Crippen LogP contribution is -2.41. The monoisotopic (exact) mass is 297 g/mol. The third-order valence-corrected chi connectivity index (χ3v) is 4.37. The van der Waals surface area contributed by atoms with Crippen molar-refractivity contribution < 1.29 is 9.47 Å². The van der Waals surface area contributed by atoms with E-state index in [0.29, 0.717) is 6.10 Å². The SMILES string of the molecule is CC(C)(C)NCC1CCC(COCCc2cccs2)O1. The number of nitrogens with one attached hydrogen (secondary N) is 1. The van der Waals surface area contributed by atoms with Crippen LogP contribution in [0.3, 0.4) is 0 Å². The summed E-state index contributed by atoms with van der Waals surface area (Å²) < 4.78 is 11.8. The molecule has 1 fully saturated rings. The van der Waals surface area contributed by atoms with Crippen molar-refractivity contribution in [2.45, 2.75) is 57.8 Å². The Balaban J connectivity index is 1.54. The van der Waals surface area contributed by atoms with Gasteiger partial charge in [0.2, 0.25) is 0 Å². The van der Waals surface area contributed by atoms with Crippen molar-refractivity contribution in [1.29, 1.82) is 0 Å². The van der Waals surface area contributed by atoms with Gasteiger partial charge in [-0.1, -0.05) is 6.07 Å². The van der Waals surface area contributed by atoms with Crippen molar-refractivity contribution in [3.8, 4) is 0 Å². The molecule has 1 aliphatic heterocycles. The van der Waals surface area contributed by atoms with Crippen LogP contribution in [-0.4, -0.2) is 37.5 Å². The highest BCUT2D eigenvalue weighted by Crippen LogP contribution is 2.20. The number of thiophene rings is 1. The fraction of sp³-hybridized carbons (Fsp3) is 0.750. The van der Waals surface area contributed by atoms with Crippen LogP contribution in [0.4, 0.5) is 0 Å². The van der Waals surface area contributed by atoms with E-state index in [1.807, 2.05) is 0 Å². The summed E-state index contributed by atoms with van der Waals surface area (Å²) in [5, 5.41) is 5.62. The van der Waals surface area contributed by atoms with Crippen molar-refractivity contribution in [2.24, 2.45) is 0 Å². The topological polar surface area (TPSA) is 30.5 Å². The van der Waals surface area contributed by atoms with E-state index in [1.54, 1.807) is 11.3 Å². The Morgan fingerprint density at radius 1 is 1.35 bits per heavy atom. The second-order valence-corrected chi connectivity index (χ2v) is 7.52. The van der Waals surface area contributed by atoms with E-state index in [4.69, 9.17) is 9.47 Å². The zero-order valence-electron chi connectivity index (χ0n) is 12.9. The molecule has 2 unspecified atom stereocenters. The molecule has 4 heteroatoms. The van der Waals surface area contributed by atoms with Crippen LogP contribution in [0.1, 0.15) is 38.5 Å². The van der Waals surface area contributed by atoms with E-state index in [1.165, 1.54) is 4.88 Å². The van der Waals surface area contributed by atoms with E-state index in [-0.39, 0.29) is 11.6 Å². The smallest absolute Gasteiger partial charge is 0.0813 e. The third-order valence-electron chi connectivity index (χ3n) is 3.43. The molecule has 0 saturated carbocycles. The summed E-state index contributed by atoms with van der Waals surface area (Å²) in [6, 6.07) is 4.25. The second-order valence-electron chi connectivity index (χ2n) is 6.49. The molecule has 0 aliphatic carbocycles. The highest BCUT2D eigenvalue weighted by atomic mass is 32.1. The lowest BCUT2D eigenvalue weighted by Gasteiger charge is -2.23. The molecule has 0 radical (unpaired) electrons. The van der Waals surface area contributed by atoms with Gasteiger partial charge in [-0.25, -0.2) is 0 Å². The molecule has 3 nitrogen and oxygen atoms in total. The molecule has 2 rings (SSSR count). The minimum atomic E-state index is 0.165. The maximum atomic E-state index is 6.01. The van der Waals surface area contributed by atoms with Gasteiger partial charge in [0.15, 0.2) is 0 Å².